The Balaban J connectivity index is 2.59. The first-order chi connectivity index (χ1) is 8.71. The number of hydrogen-bond acceptors (Lipinski definition) is 3. The van der Waals surface area contributed by atoms with Crippen LogP contribution in [0.25, 0.3) is 0 Å². The molecule has 0 unspecified atom stereocenters. The number of hydrogen-bond donors (Lipinski definition) is 0. The number of nitrogens with zero attached hydrogens (tertiary/aromatic N) is 4. The minimum Gasteiger partial charge on any atom is -0.343 e. The summed E-state index contributed by atoms with van der Waals surface area (Å²) in [5.74, 6) is -0.725. The van der Waals surface area contributed by atoms with Gasteiger partial charge in [-0.05, 0) is 7.05 Å². The van der Waals surface area contributed by atoms with Gasteiger partial charge in [-0.15, -0.1) is 0 Å². The van der Waals surface area contributed by atoms with Gasteiger partial charge in [-0.1, -0.05) is 0 Å². The third-order valence-corrected chi connectivity index (χ3v) is 3.06. The summed E-state index contributed by atoms with van der Waals surface area (Å²) < 4.78 is 40.8. The number of likely N-dealkylation sites (N-methyl/N-ethyl adjacent to an activating group) is 1. The highest BCUT2D eigenvalue weighted by Crippen LogP contribution is 2.36. The number of alkyl halides is 3. The van der Waals surface area contributed by atoms with Crippen LogP contribution in [0.3, 0.4) is 0 Å². The van der Waals surface area contributed by atoms with E-state index in [9.17, 15) is 18.0 Å². The van der Waals surface area contributed by atoms with Crippen LogP contribution in [0.5, 0.6) is 0 Å². The van der Waals surface area contributed by atoms with Gasteiger partial charge < -0.3 is 4.90 Å². The third-order valence-electron chi connectivity index (χ3n) is 3.06. The Labute approximate surface area is 108 Å². The molecule has 0 saturated carbocycles. The van der Waals surface area contributed by atoms with E-state index >= 15 is 0 Å². The van der Waals surface area contributed by atoms with E-state index in [0.29, 0.717) is 13.1 Å². The Hall–Kier alpha value is -1.57. The maximum Gasteiger partial charge on any atom is 0.420 e. The van der Waals surface area contributed by atoms with Gasteiger partial charge in [-0.25, -0.2) is 0 Å². The topological polar surface area (TPSA) is 41.4 Å². The highest BCUT2D eigenvalue weighted by molar-refractivity contribution is 5.93. The first-order valence-corrected chi connectivity index (χ1v) is 5.79. The minimum atomic E-state index is -4.58. The van der Waals surface area contributed by atoms with Crippen molar-refractivity contribution in [2.45, 2.75) is 19.3 Å². The summed E-state index contributed by atoms with van der Waals surface area (Å²) in [6.45, 7) is 1.11. The molecular formula is C11H15F3N4O. The van der Waals surface area contributed by atoms with Gasteiger partial charge in [0.2, 0.25) is 0 Å². The zero-order valence-electron chi connectivity index (χ0n) is 11.0. The van der Waals surface area contributed by atoms with E-state index in [-0.39, 0.29) is 12.2 Å². The number of halogens is 3. The van der Waals surface area contributed by atoms with Crippen molar-refractivity contribution >= 4 is 5.91 Å². The second kappa shape index (κ2) is 4.52. The van der Waals surface area contributed by atoms with Crippen LogP contribution in [0, 0.1) is 0 Å². The summed E-state index contributed by atoms with van der Waals surface area (Å²) in [7, 11) is 4.56. The van der Waals surface area contributed by atoms with E-state index in [2.05, 4.69) is 5.10 Å². The fraction of sp³-hybridized carbons (Fsp3) is 0.636. The molecule has 0 aromatic carbocycles. The smallest absolute Gasteiger partial charge is 0.343 e. The molecule has 1 aromatic rings. The van der Waals surface area contributed by atoms with Gasteiger partial charge in [0.15, 0.2) is 5.69 Å². The average Bonchev–Trinajstić information content (AvgIpc) is 2.65. The maximum atomic E-state index is 13.2. The van der Waals surface area contributed by atoms with Gasteiger partial charge in [-0.3, -0.25) is 14.4 Å². The lowest BCUT2D eigenvalue weighted by Gasteiger charge is -2.24. The zero-order valence-corrected chi connectivity index (χ0v) is 11.0. The SMILES string of the molecule is CN1CCn2nc(C(=O)N(C)C)c(C(F)(F)F)c2C1. The molecule has 0 spiro atoms. The van der Waals surface area contributed by atoms with Crippen molar-refractivity contribution in [2.75, 3.05) is 27.7 Å². The number of carbonyl (C=O) groups excluding carboxylic acids is 1. The molecule has 8 heteroatoms. The van der Waals surface area contributed by atoms with E-state index in [1.54, 1.807) is 11.9 Å². The summed E-state index contributed by atoms with van der Waals surface area (Å²) in [4.78, 5) is 14.7. The number of fused-ring (bicyclic) bond motifs is 1. The normalized spacial score (nSPS) is 16.3. The molecule has 0 N–H and O–H groups in total. The molecule has 0 fully saturated rings. The van der Waals surface area contributed by atoms with Gasteiger partial charge >= 0.3 is 6.18 Å². The molecule has 5 nitrogen and oxygen atoms in total. The van der Waals surface area contributed by atoms with Gasteiger partial charge in [0.05, 0.1) is 12.2 Å². The summed E-state index contributed by atoms with van der Waals surface area (Å²) in [5.41, 5.74) is -1.35. The van der Waals surface area contributed by atoms with Crippen molar-refractivity contribution < 1.29 is 18.0 Å². The van der Waals surface area contributed by atoms with Crippen LogP contribution >= 0.6 is 0 Å². The average molecular weight is 276 g/mol. The van der Waals surface area contributed by atoms with Gasteiger partial charge in [0.1, 0.15) is 5.56 Å². The first kappa shape index (κ1) is 13.9. The van der Waals surface area contributed by atoms with E-state index in [4.69, 9.17) is 0 Å². The summed E-state index contributed by atoms with van der Waals surface area (Å²) in [6, 6.07) is 0. The molecule has 1 aliphatic heterocycles. The Bertz CT molecular complexity index is 507. The maximum absolute atomic E-state index is 13.2. The molecule has 0 radical (unpaired) electrons. The van der Waals surface area contributed by atoms with Crippen LogP contribution in [-0.2, 0) is 19.3 Å². The molecule has 1 aromatic heterocycles. The quantitative estimate of drug-likeness (QED) is 0.770. The van der Waals surface area contributed by atoms with Crippen LogP contribution in [-0.4, -0.2) is 53.2 Å². The van der Waals surface area contributed by atoms with Crippen LogP contribution in [0.15, 0.2) is 0 Å². The van der Waals surface area contributed by atoms with E-state index in [0.717, 1.165) is 4.90 Å². The second-order valence-electron chi connectivity index (χ2n) is 4.83. The van der Waals surface area contributed by atoms with Crippen LogP contribution < -0.4 is 0 Å². The predicted molar refractivity (Wildman–Crippen MR) is 61.6 cm³/mol. The first-order valence-electron chi connectivity index (χ1n) is 5.79. The number of aromatic nitrogens is 2. The fourth-order valence-electron chi connectivity index (χ4n) is 2.10. The number of carbonyl (C=O) groups is 1. The molecular weight excluding hydrogens is 261 g/mol. The summed E-state index contributed by atoms with van der Waals surface area (Å²) >= 11 is 0. The van der Waals surface area contributed by atoms with Crippen molar-refractivity contribution in [3.05, 3.63) is 17.0 Å². The molecule has 2 rings (SSSR count). The van der Waals surface area contributed by atoms with Crippen molar-refractivity contribution in [2.24, 2.45) is 0 Å². The zero-order chi connectivity index (χ0) is 14.4. The summed E-state index contributed by atoms with van der Waals surface area (Å²) in [6.07, 6.45) is -4.58. The molecule has 0 saturated heterocycles. The third kappa shape index (κ3) is 2.44. The van der Waals surface area contributed by atoms with Crippen molar-refractivity contribution in [3.63, 3.8) is 0 Å². The molecule has 2 heterocycles. The molecule has 1 amide bonds. The summed E-state index contributed by atoms with van der Waals surface area (Å²) in [5, 5.41) is 3.85. The molecule has 0 atom stereocenters. The lowest BCUT2D eigenvalue weighted by atomic mass is 10.1. The molecule has 0 aliphatic carbocycles. The minimum absolute atomic E-state index is 0.0615. The van der Waals surface area contributed by atoms with Gasteiger partial charge in [0, 0.05) is 27.2 Å². The largest absolute Gasteiger partial charge is 0.420 e. The van der Waals surface area contributed by atoms with E-state index in [1.165, 1.54) is 18.8 Å². The Morgan fingerprint density at radius 1 is 1.32 bits per heavy atom. The van der Waals surface area contributed by atoms with Crippen LogP contribution in [0.1, 0.15) is 21.7 Å². The Morgan fingerprint density at radius 3 is 2.47 bits per heavy atom. The fourth-order valence-corrected chi connectivity index (χ4v) is 2.10. The van der Waals surface area contributed by atoms with Crippen molar-refractivity contribution in [3.8, 4) is 0 Å². The standard InChI is InChI=1S/C11H15F3N4O/c1-16(2)10(19)9-8(11(12,13)14)7-6-17(3)4-5-18(7)15-9/h4-6H2,1-3H3. The number of amides is 1. The Kier molecular flexibility index (Phi) is 3.29. The monoisotopic (exact) mass is 276 g/mol. The molecule has 0 bridgehead atoms. The molecule has 19 heavy (non-hydrogen) atoms. The Morgan fingerprint density at radius 2 is 1.95 bits per heavy atom. The predicted octanol–water partition coefficient (Wildman–Crippen LogP) is 1.05. The van der Waals surface area contributed by atoms with Crippen molar-refractivity contribution in [1.82, 2.24) is 19.6 Å². The van der Waals surface area contributed by atoms with Crippen molar-refractivity contribution in [1.29, 1.82) is 0 Å². The van der Waals surface area contributed by atoms with E-state index < -0.39 is 23.3 Å². The van der Waals surface area contributed by atoms with Crippen LogP contribution in [0.4, 0.5) is 13.2 Å². The van der Waals surface area contributed by atoms with E-state index in [1.807, 2.05) is 0 Å². The molecule has 106 valence electrons. The molecule has 1 aliphatic rings. The number of rotatable bonds is 1. The highest BCUT2D eigenvalue weighted by atomic mass is 19.4. The highest BCUT2D eigenvalue weighted by Gasteiger charge is 2.43. The lowest BCUT2D eigenvalue weighted by molar-refractivity contribution is -0.139. The van der Waals surface area contributed by atoms with Gasteiger partial charge in [0.25, 0.3) is 5.91 Å². The van der Waals surface area contributed by atoms with Gasteiger partial charge in [-0.2, -0.15) is 18.3 Å². The lowest BCUT2D eigenvalue weighted by Crippen LogP contribution is -2.31. The second-order valence-corrected chi connectivity index (χ2v) is 4.83. The van der Waals surface area contributed by atoms with Crippen LogP contribution in [0.2, 0.25) is 0 Å².